The van der Waals surface area contributed by atoms with Crippen LogP contribution in [0.3, 0.4) is 0 Å². The Morgan fingerprint density at radius 2 is 1.89 bits per heavy atom. The van der Waals surface area contributed by atoms with Gasteiger partial charge in [0.15, 0.2) is 0 Å². The summed E-state index contributed by atoms with van der Waals surface area (Å²) < 4.78 is 11.2. The number of benzene rings is 1. The summed E-state index contributed by atoms with van der Waals surface area (Å²) in [6.07, 6.45) is 1.00. The molecule has 1 aromatic carbocycles. The Labute approximate surface area is 110 Å². The van der Waals surface area contributed by atoms with E-state index in [4.69, 9.17) is 9.47 Å². The molecule has 2 N–H and O–H groups in total. The first-order chi connectivity index (χ1) is 8.74. The van der Waals surface area contributed by atoms with Crippen LogP contribution in [0.4, 0.5) is 0 Å². The van der Waals surface area contributed by atoms with Gasteiger partial charge in [0.05, 0.1) is 25.8 Å². The van der Waals surface area contributed by atoms with Crippen LogP contribution in [0.2, 0.25) is 0 Å². The maximum Gasteiger partial charge on any atom is 0.122 e. The van der Waals surface area contributed by atoms with Crippen molar-refractivity contribution in [2.45, 2.75) is 33.2 Å². The summed E-state index contributed by atoms with van der Waals surface area (Å²) in [4.78, 5) is 0. The van der Waals surface area contributed by atoms with Gasteiger partial charge in [-0.2, -0.15) is 0 Å². The zero-order valence-corrected chi connectivity index (χ0v) is 11.8. The number of aryl methyl sites for hydroxylation is 1. The molecule has 0 aromatic heterocycles. The third kappa shape index (κ3) is 6.03. The summed E-state index contributed by atoms with van der Waals surface area (Å²) in [6, 6.07) is 8.82. The Bertz CT molecular complexity index is 326. The van der Waals surface area contributed by atoms with E-state index in [1.54, 1.807) is 0 Å². The van der Waals surface area contributed by atoms with Gasteiger partial charge in [0, 0.05) is 0 Å². The average Bonchev–Trinajstić information content (AvgIpc) is 2.37. The van der Waals surface area contributed by atoms with Crippen molar-refractivity contribution < 1.29 is 14.8 Å². The zero-order valence-electron chi connectivity index (χ0n) is 11.8. The van der Waals surface area contributed by atoms with Gasteiger partial charge in [0.2, 0.25) is 0 Å². The molecule has 1 aromatic rings. The van der Waals surface area contributed by atoms with Crippen LogP contribution in [0.5, 0.6) is 5.75 Å². The molecule has 0 saturated heterocycles. The van der Waals surface area contributed by atoms with Gasteiger partial charge in [-0.1, -0.05) is 25.1 Å². The van der Waals surface area contributed by atoms with Gasteiger partial charge in [-0.15, -0.1) is 0 Å². The van der Waals surface area contributed by atoms with Gasteiger partial charge in [-0.25, -0.2) is 0 Å². The van der Waals surface area contributed by atoms with Crippen molar-refractivity contribution in [3.63, 3.8) is 0 Å². The van der Waals surface area contributed by atoms with Crippen LogP contribution in [0.25, 0.3) is 0 Å². The van der Waals surface area contributed by atoms with Crippen LogP contribution in [0.1, 0.15) is 26.3 Å². The Morgan fingerprint density at radius 1 is 1.11 bits per heavy atom. The highest BCUT2D eigenvalue weighted by molar-refractivity contribution is 5.33. The monoisotopic (exact) mass is 252 g/mol. The minimum absolute atomic E-state index is 0.624. The Morgan fingerprint density at radius 3 is 2.61 bits per heavy atom. The smallest absolute Gasteiger partial charge is 0.122 e. The minimum atomic E-state index is 0.624. The first-order valence-electron chi connectivity index (χ1n) is 6.85. The van der Waals surface area contributed by atoms with E-state index in [0.29, 0.717) is 19.3 Å². The van der Waals surface area contributed by atoms with Gasteiger partial charge in [-0.05, 0) is 31.9 Å². The van der Waals surface area contributed by atoms with Crippen molar-refractivity contribution in [2.75, 3.05) is 26.4 Å². The maximum absolute atomic E-state index is 5.72. The molecule has 18 heavy (non-hydrogen) atoms. The molecule has 3 heteroatoms. The Balaban J connectivity index is 2.10. The number of quaternary nitrogens is 1. The summed E-state index contributed by atoms with van der Waals surface area (Å²) in [5, 5.41) is 2.27. The molecule has 0 aliphatic heterocycles. The van der Waals surface area contributed by atoms with Gasteiger partial charge in [0.25, 0.3) is 0 Å². The SMILES string of the molecule is CCc1ccccc1OCCOCC[NH2+]C(C)C. The number of rotatable bonds is 9. The molecule has 0 saturated carbocycles. The molecular weight excluding hydrogens is 226 g/mol. The lowest BCUT2D eigenvalue weighted by Gasteiger charge is -2.10. The molecule has 1 rings (SSSR count). The average molecular weight is 252 g/mol. The number of para-hydroxylation sites is 1. The van der Waals surface area contributed by atoms with E-state index in [-0.39, 0.29) is 0 Å². The van der Waals surface area contributed by atoms with Crippen LogP contribution in [0, 0.1) is 0 Å². The first kappa shape index (κ1) is 15.0. The molecule has 0 atom stereocenters. The van der Waals surface area contributed by atoms with Crippen LogP contribution in [-0.2, 0) is 11.2 Å². The highest BCUT2D eigenvalue weighted by Crippen LogP contribution is 2.17. The molecular formula is C15H26NO2+. The lowest BCUT2D eigenvalue weighted by Crippen LogP contribution is -2.89. The van der Waals surface area contributed by atoms with E-state index in [1.807, 2.05) is 18.2 Å². The molecule has 0 fully saturated rings. The topological polar surface area (TPSA) is 35.1 Å². The lowest BCUT2D eigenvalue weighted by molar-refractivity contribution is -0.684. The maximum atomic E-state index is 5.72. The molecule has 0 spiro atoms. The minimum Gasteiger partial charge on any atom is -0.491 e. The number of ether oxygens (including phenoxy) is 2. The molecule has 0 aliphatic rings. The summed E-state index contributed by atoms with van der Waals surface area (Å²) >= 11 is 0. The molecule has 0 amide bonds. The second kappa shape index (κ2) is 8.95. The van der Waals surface area contributed by atoms with Crippen molar-refractivity contribution in [3.05, 3.63) is 29.8 Å². The third-order valence-electron chi connectivity index (χ3n) is 2.74. The van der Waals surface area contributed by atoms with Gasteiger partial charge >= 0.3 is 0 Å². The van der Waals surface area contributed by atoms with E-state index in [2.05, 4.69) is 32.2 Å². The summed E-state index contributed by atoms with van der Waals surface area (Å²) in [7, 11) is 0. The fourth-order valence-electron chi connectivity index (χ4n) is 1.73. The second-order valence-corrected chi connectivity index (χ2v) is 4.69. The Hall–Kier alpha value is -1.06. The first-order valence-corrected chi connectivity index (χ1v) is 6.85. The second-order valence-electron chi connectivity index (χ2n) is 4.69. The normalized spacial score (nSPS) is 10.9. The van der Waals surface area contributed by atoms with Crippen LogP contribution < -0.4 is 10.1 Å². The molecule has 0 unspecified atom stereocenters. The van der Waals surface area contributed by atoms with E-state index in [9.17, 15) is 0 Å². The highest BCUT2D eigenvalue weighted by Gasteiger charge is 2.00. The van der Waals surface area contributed by atoms with Crippen LogP contribution in [-0.4, -0.2) is 32.4 Å². The molecule has 3 nitrogen and oxygen atoms in total. The van der Waals surface area contributed by atoms with Gasteiger partial charge in [0.1, 0.15) is 12.4 Å². The van der Waals surface area contributed by atoms with Crippen molar-refractivity contribution in [2.24, 2.45) is 0 Å². The van der Waals surface area contributed by atoms with Crippen molar-refractivity contribution in [1.82, 2.24) is 0 Å². The molecule has 0 heterocycles. The summed E-state index contributed by atoms with van der Waals surface area (Å²) in [5.74, 6) is 0.984. The fraction of sp³-hybridized carbons (Fsp3) is 0.600. The zero-order chi connectivity index (χ0) is 13.2. The lowest BCUT2D eigenvalue weighted by atomic mass is 10.1. The number of hydrogen-bond donors (Lipinski definition) is 1. The van der Waals surface area contributed by atoms with Crippen molar-refractivity contribution in [1.29, 1.82) is 0 Å². The highest BCUT2D eigenvalue weighted by atomic mass is 16.5. The number of hydrogen-bond acceptors (Lipinski definition) is 2. The molecule has 0 bridgehead atoms. The summed E-state index contributed by atoms with van der Waals surface area (Å²) in [6.45, 7) is 9.60. The molecule has 102 valence electrons. The molecule has 0 aliphatic carbocycles. The van der Waals surface area contributed by atoms with Crippen molar-refractivity contribution in [3.8, 4) is 5.75 Å². The van der Waals surface area contributed by atoms with E-state index in [1.165, 1.54) is 5.56 Å². The van der Waals surface area contributed by atoms with Crippen LogP contribution >= 0.6 is 0 Å². The van der Waals surface area contributed by atoms with E-state index < -0.39 is 0 Å². The third-order valence-corrected chi connectivity index (χ3v) is 2.74. The fourth-order valence-corrected chi connectivity index (χ4v) is 1.73. The predicted octanol–water partition coefficient (Wildman–Crippen LogP) is 1.62. The number of nitrogens with two attached hydrogens (primary N) is 1. The van der Waals surface area contributed by atoms with Gasteiger partial charge in [-0.3, -0.25) is 0 Å². The molecule has 0 radical (unpaired) electrons. The quantitative estimate of drug-likeness (QED) is 0.678. The van der Waals surface area contributed by atoms with E-state index >= 15 is 0 Å². The largest absolute Gasteiger partial charge is 0.491 e. The predicted molar refractivity (Wildman–Crippen MR) is 74.1 cm³/mol. The van der Waals surface area contributed by atoms with Crippen LogP contribution in [0.15, 0.2) is 24.3 Å². The Kier molecular flexibility index (Phi) is 7.46. The van der Waals surface area contributed by atoms with Gasteiger partial charge < -0.3 is 14.8 Å². The van der Waals surface area contributed by atoms with Crippen molar-refractivity contribution >= 4 is 0 Å². The summed E-state index contributed by atoms with van der Waals surface area (Å²) in [5.41, 5.74) is 1.26. The van der Waals surface area contributed by atoms with E-state index in [0.717, 1.165) is 25.3 Å². The standard InChI is InChI=1S/C15H25NO2/c1-4-14-7-5-6-8-15(14)18-12-11-17-10-9-16-13(2)3/h5-8,13,16H,4,9-12H2,1-3H3/p+1.